The molecule has 1 heterocycles. The lowest BCUT2D eigenvalue weighted by atomic mass is 10.1. The van der Waals surface area contributed by atoms with E-state index < -0.39 is 5.97 Å². The minimum absolute atomic E-state index is 0.0384. The van der Waals surface area contributed by atoms with Crippen molar-refractivity contribution < 1.29 is 23.5 Å². The fraction of sp³-hybridized carbons (Fsp3) is 0.412. The Labute approximate surface area is 134 Å². The second-order valence-corrected chi connectivity index (χ2v) is 5.29. The quantitative estimate of drug-likeness (QED) is 0.794. The maximum atomic E-state index is 12.2. The molecule has 1 atom stereocenters. The van der Waals surface area contributed by atoms with Crippen LogP contribution in [0.5, 0.6) is 0 Å². The molecule has 0 aliphatic carbocycles. The van der Waals surface area contributed by atoms with Crippen LogP contribution in [-0.2, 0) is 20.9 Å². The summed E-state index contributed by atoms with van der Waals surface area (Å²) in [6.07, 6.45) is 0.807. The Kier molecular flexibility index (Phi) is 5.76. The molecule has 0 radical (unpaired) electrons. The first kappa shape index (κ1) is 17.0. The van der Waals surface area contributed by atoms with Crippen LogP contribution in [0.3, 0.4) is 0 Å². The van der Waals surface area contributed by atoms with Gasteiger partial charge >= 0.3 is 5.97 Å². The Balaban J connectivity index is 2.11. The van der Waals surface area contributed by atoms with Gasteiger partial charge in [-0.1, -0.05) is 25.1 Å². The molecule has 0 aliphatic rings. The lowest BCUT2D eigenvalue weighted by molar-refractivity contribution is -0.124. The van der Waals surface area contributed by atoms with Crippen molar-refractivity contribution in [3.8, 4) is 0 Å². The van der Waals surface area contributed by atoms with Gasteiger partial charge in [-0.3, -0.25) is 4.79 Å². The number of esters is 1. The number of ether oxygens (including phenoxy) is 2. The van der Waals surface area contributed by atoms with E-state index >= 15 is 0 Å². The fourth-order valence-electron chi connectivity index (χ4n) is 2.17. The van der Waals surface area contributed by atoms with Gasteiger partial charge < -0.3 is 19.2 Å². The predicted octanol–water partition coefficient (Wildman–Crippen LogP) is 2.65. The van der Waals surface area contributed by atoms with Gasteiger partial charge in [0.25, 0.3) is 5.91 Å². The van der Waals surface area contributed by atoms with Crippen LogP contribution in [0.2, 0.25) is 0 Å². The van der Waals surface area contributed by atoms with E-state index in [1.807, 2.05) is 32.0 Å². The van der Waals surface area contributed by atoms with E-state index in [9.17, 15) is 9.59 Å². The second-order valence-electron chi connectivity index (χ2n) is 5.29. The highest BCUT2D eigenvalue weighted by atomic mass is 16.5. The highest BCUT2D eigenvalue weighted by Gasteiger charge is 2.22. The number of benzene rings is 1. The van der Waals surface area contributed by atoms with Crippen molar-refractivity contribution >= 4 is 22.8 Å². The molecule has 0 bridgehead atoms. The van der Waals surface area contributed by atoms with Crippen molar-refractivity contribution in [2.24, 2.45) is 0 Å². The first-order chi connectivity index (χ1) is 11.1. The summed E-state index contributed by atoms with van der Waals surface area (Å²) in [5, 5.41) is 3.53. The number of para-hydroxylation sites is 1. The molecular weight excluding hydrogens is 298 g/mol. The third-order valence-electron chi connectivity index (χ3n) is 3.53. The van der Waals surface area contributed by atoms with E-state index in [2.05, 4.69) is 5.32 Å². The van der Waals surface area contributed by atoms with E-state index in [0.717, 1.165) is 11.8 Å². The number of hydrogen-bond donors (Lipinski definition) is 1. The zero-order chi connectivity index (χ0) is 16.8. The standard InChI is InChI=1S/C17H21NO5/c1-4-11(2)18-15(19)10-22-17(20)16-13(9-21-3)12-7-5-6-8-14(12)23-16/h5-8,11H,4,9-10H2,1-3H3,(H,18,19)/t11-/m0/s1. The SMILES string of the molecule is CC[C@H](C)NC(=O)COC(=O)c1oc2ccccc2c1COC. The molecule has 2 rings (SSSR count). The summed E-state index contributed by atoms with van der Waals surface area (Å²) in [5.41, 5.74) is 1.20. The molecule has 6 heteroatoms. The minimum atomic E-state index is -0.674. The number of nitrogens with one attached hydrogen (secondary N) is 1. The topological polar surface area (TPSA) is 77.8 Å². The summed E-state index contributed by atoms with van der Waals surface area (Å²) >= 11 is 0. The summed E-state index contributed by atoms with van der Waals surface area (Å²) < 4.78 is 15.7. The van der Waals surface area contributed by atoms with Crippen LogP contribution in [0.15, 0.2) is 28.7 Å². The van der Waals surface area contributed by atoms with E-state index in [1.165, 1.54) is 7.11 Å². The maximum Gasteiger partial charge on any atom is 0.375 e. The Hall–Kier alpha value is -2.34. The number of amides is 1. The number of rotatable bonds is 7. The number of carbonyl (C=O) groups is 2. The average molecular weight is 319 g/mol. The summed E-state index contributed by atoms with van der Waals surface area (Å²) in [6, 6.07) is 7.32. The van der Waals surface area contributed by atoms with Gasteiger partial charge in [-0.2, -0.15) is 0 Å². The van der Waals surface area contributed by atoms with Crippen LogP contribution in [0, 0.1) is 0 Å². The zero-order valence-electron chi connectivity index (χ0n) is 13.5. The molecule has 1 aromatic heterocycles. The first-order valence-electron chi connectivity index (χ1n) is 7.52. The van der Waals surface area contributed by atoms with Crippen molar-refractivity contribution in [3.63, 3.8) is 0 Å². The molecule has 1 N–H and O–H groups in total. The summed E-state index contributed by atoms with van der Waals surface area (Å²) in [7, 11) is 1.54. The molecule has 6 nitrogen and oxygen atoms in total. The van der Waals surface area contributed by atoms with Crippen molar-refractivity contribution in [1.29, 1.82) is 0 Å². The average Bonchev–Trinajstić information content (AvgIpc) is 2.92. The van der Waals surface area contributed by atoms with E-state index in [1.54, 1.807) is 6.07 Å². The molecule has 1 aromatic carbocycles. The molecule has 0 saturated heterocycles. The maximum absolute atomic E-state index is 12.2. The van der Waals surface area contributed by atoms with E-state index in [-0.39, 0.29) is 30.9 Å². The lowest BCUT2D eigenvalue weighted by Crippen LogP contribution is -2.35. The van der Waals surface area contributed by atoms with Crippen molar-refractivity contribution in [2.75, 3.05) is 13.7 Å². The number of furan rings is 1. The fourth-order valence-corrected chi connectivity index (χ4v) is 2.17. The van der Waals surface area contributed by atoms with Crippen molar-refractivity contribution in [3.05, 3.63) is 35.6 Å². The molecule has 124 valence electrons. The van der Waals surface area contributed by atoms with Crippen LogP contribution in [0.4, 0.5) is 0 Å². The van der Waals surface area contributed by atoms with Crippen LogP contribution in [-0.4, -0.2) is 31.6 Å². The second kappa shape index (κ2) is 7.78. The molecule has 0 spiro atoms. The molecular formula is C17H21NO5. The smallest absolute Gasteiger partial charge is 0.375 e. The van der Waals surface area contributed by atoms with E-state index in [0.29, 0.717) is 11.1 Å². The van der Waals surface area contributed by atoms with Crippen LogP contribution in [0.25, 0.3) is 11.0 Å². The number of carbonyl (C=O) groups excluding carboxylic acids is 2. The van der Waals surface area contributed by atoms with Gasteiger partial charge in [0.05, 0.1) is 6.61 Å². The Morgan fingerprint density at radius 1 is 1.30 bits per heavy atom. The first-order valence-corrected chi connectivity index (χ1v) is 7.52. The molecule has 0 saturated carbocycles. The van der Waals surface area contributed by atoms with Crippen LogP contribution < -0.4 is 5.32 Å². The monoisotopic (exact) mass is 319 g/mol. The van der Waals surface area contributed by atoms with E-state index in [4.69, 9.17) is 13.9 Å². The van der Waals surface area contributed by atoms with Crippen LogP contribution in [0.1, 0.15) is 36.4 Å². The van der Waals surface area contributed by atoms with Gasteiger partial charge in [0, 0.05) is 24.1 Å². The van der Waals surface area contributed by atoms with Crippen LogP contribution >= 0.6 is 0 Å². The number of methoxy groups -OCH3 is 1. The molecule has 23 heavy (non-hydrogen) atoms. The summed E-state index contributed by atoms with van der Waals surface area (Å²) in [6.45, 7) is 3.73. The van der Waals surface area contributed by atoms with Crippen molar-refractivity contribution in [2.45, 2.75) is 32.9 Å². The third kappa shape index (κ3) is 4.10. The van der Waals surface area contributed by atoms with Gasteiger partial charge in [0.15, 0.2) is 6.61 Å². The predicted molar refractivity (Wildman–Crippen MR) is 85.1 cm³/mol. The lowest BCUT2D eigenvalue weighted by Gasteiger charge is -2.11. The highest BCUT2D eigenvalue weighted by Crippen LogP contribution is 2.27. The van der Waals surface area contributed by atoms with Gasteiger partial charge in [-0.15, -0.1) is 0 Å². The molecule has 2 aromatic rings. The van der Waals surface area contributed by atoms with Gasteiger partial charge in [-0.25, -0.2) is 4.79 Å². The molecule has 0 unspecified atom stereocenters. The van der Waals surface area contributed by atoms with Gasteiger partial charge in [0.2, 0.25) is 5.76 Å². The zero-order valence-corrected chi connectivity index (χ0v) is 13.5. The largest absolute Gasteiger partial charge is 0.450 e. The molecule has 0 aliphatic heterocycles. The summed E-state index contributed by atoms with van der Waals surface area (Å²) in [4.78, 5) is 23.9. The molecule has 1 amide bonds. The Bertz CT molecular complexity index is 691. The molecule has 0 fully saturated rings. The summed E-state index contributed by atoms with van der Waals surface area (Å²) in [5.74, 6) is -0.936. The minimum Gasteiger partial charge on any atom is -0.450 e. The number of fused-ring (bicyclic) bond motifs is 1. The highest BCUT2D eigenvalue weighted by molar-refractivity contribution is 5.96. The normalized spacial score (nSPS) is 12.1. The number of hydrogen-bond acceptors (Lipinski definition) is 5. The third-order valence-corrected chi connectivity index (χ3v) is 3.53. The Morgan fingerprint density at radius 3 is 2.74 bits per heavy atom. The van der Waals surface area contributed by atoms with Gasteiger partial charge in [0.1, 0.15) is 5.58 Å². The van der Waals surface area contributed by atoms with Gasteiger partial charge in [-0.05, 0) is 19.4 Å². The van der Waals surface area contributed by atoms with Crippen molar-refractivity contribution in [1.82, 2.24) is 5.32 Å². The Morgan fingerprint density at radius 2 is 2.04 bits per heavy atom.